The molecule has 2 aliphatic rings. The predicted octanol–water partition coefficient (Wildman–Crippen LogP) is 6.03. The molecular formula is C26H25NO2S. The van der Waals surface area contributed by atoms with Crippen LogP contribution in [0, 0.1) is 6.92 Å². The number of amides is 1. The number of fused-ring (bicyclic) bond motifs is 2. The van der Waals surface area contributed by atoms with Gasteiger partial charge in [-0.15, -0.1) is 11.8 Å². The number of carbonyl (C=O) groups is 1. The summed E-state index contributed by atoms with van der Waals surface area (Å²) < 4.78 is 0. The second-order valence-corrected chi connectivity index (χ2v) is 9.22. The molecule has 3 aromatic carbocycles. The third-order valence-corrected chi connectivity index (χ3v) is 7.41. The van der Waals surface area contributed by atoms with Crippen molar-refractivity contribution in [1.82, 2.24) is 0 Å². The van der Waals surface area contributed by atoms with Gasteiger partial charge in [-0.25, -0.2) is 0 Å². The zero-order chi connectivity index (χ0) is 20.7. The lowest BCUT2D eigenvalue weighted by Crippen LogP contribution is -2.22. The lowest BCUT2D eigenvalue weighted by Gasteiger charge is -2.20. The molecule has 1 aliphatic carbocycles. The zero-order valence-corrected chi connectivity index (χ0v) is 18.0. The van der Waals surface area contributed by atoms with Gasteiger partial charge in [-0.3, -0.25) is 4.79 Å². The monoisotopic (exact) mass is 415 g/mol. The number of thioether (sulfide) groups is 1. The number of anilines is 1. The van der Waals surface area contributed by atoms with Crippen LogP contribution >= 0.6 is 11.8 Å². The first-order chi connectivity index (χ1) is 14.6. The van der Waals surface area contributed by atoms with Gasteiger partial charge in [-0.2, -0.15) is 0 Å². The lowest BCUT2D eigenvalue weighted by molar-refractivity contribution is 0.0996. The molecule has 0 saturated heterocycles. The van der Waals surface area contributed by atoms with Crippen LogP contribution in [0.4, 0.5) is 5.69 Å². The Balaban J connectivity index is 1.40. The van der Waals surface area contributed by atoms with Crippen LogP contribution < -0.4 is 4.90 Å². The van der Waals surface area contributed by atoms with Crippen molar-refractivity contribution in [2.24, 2.45) is 0 Å². The maximum absolute atomic E-state index is 13.0. The fourth-order valence-electron chi connectivity index (χ4n) is 4.57. The molecule has 0 saturated carbocycles. The maximum Gasteiger partial charge on any atom is 0.258 e. The molecule has 0 aromatic heterocycles. The van der Waals surface area contributed by atoms with Gasteiger partial charge in [0, 0.05) is 21.9 Å². The Morgan fingerprint density at radius 1 is 0.933 bits per heavy atom. The Morgan fingerprint density at radius 3 is 2.50 bits per heavy atom. The van der Waals surface area contributed by atoms with Crippen LogP contribution in [-0.2, 0) is 25.1 Å². The van der Waals surface area contributed by atoms with Crippen LogP contribution in [0.2, 0.25) is 0 Å². The summed E-state index contributed by atoms with van der Waals surface area (Å²) in [5.74, 6) is 1.35. The highest BCUT2D eigenvalue weighted by atomic mass is 32.2. The summed E-state index contributed by atoms with van der Waals surface area (Å²) in [6.07, 6.45) is 4.34. The third kappa shape index (κ3) is 3.39. The molecule has 0 spiro atoms. The molecule has 152 valence electrons. The standard InChI is InChI=1S/C26H25NO2S/c1-17-9-11-19(12-10-17)27-15-23-18(5-4-8-22(23)26(27)29)16-30-25-14-13-24(28)20-6-2-3-7-21(20)25/h4-5,8-14,28H,2-3,6-7,15-16H2,1H3. The Labute approximate surface area is 181 Å². The minimum Gasteiger partial charge on any atom is -0.508 e. The van der Waals surface area contributed by atoms with Crippen molar-refractivity contribution in [2.45, 2.75) is 49.8 Å². The molecule has 1 heterocycles. The van der Waals surface area contributed by atoms with Crippen molar-refractivity contribution >= 4 is 23.4 Å². The van der Waals surface area contributed by atoms with E-state index in [9.17, 15) is 9.90 Å². The highest BCUT2D eigenvalue weighted by Gasteiger charge is 2.30. The van der Waals surface area contributed by atoms with E-state index >= 15 is 0 Å². The number of phenols is 1. The molecular weight excluding hydrogens is 390 g/mol. The minimum absolute atomic E-state index is 0.0858. The van der Waals surface area contributed by atoms with Gasteiger partial charge >= 0.3 is 0 Å². The van der Waals surface area contributed by atoms with E-state index in [2.05, 4.69) is 31.2 Å². The highest BCUT2D eigenvalue weighted by molar-refractivity contribution is 7.98. The van der Waals surface area contributed by atoms with E-state index in [1.54, 1.807) is 0 Å². The smallest absolute Gasteiger partial charge is 0.258 e. The minimum atomic E-state index is 0.0858. The Kier molecular flexibility index (Phi) is 5.03. The van der Waals surface area contributed by atoms with E-state index < -0.39 is 0 Å². The number of carbonyl (C=O) groups excluding carboxylic acids is 1. The van der Waals surface area contributed by atoms with E-state index in [1.165, 1.54) is 28.0 Å². The Hall–Kier alpha value is -2.72. The molecule has 5 rings (SSSR count). The fraction of sp³-hybridized carbons (Fsp3) is 0.269. The summed E-state index contributed by atoms with van der Waals surface area (Å²) in [4.78, 5) is 16.2. The van der Waals surface area contributed by atoms with Gasteiger partial charge < -0.3 is 10.0 Å². The van der Waals surface area contributed by atoms with Gasteiger partial charge in [-0.05, 0) is 85.2 Å². The Bertz CT molecular complexity index is 1120. The number of aryl methyl sites for hydroxylation is 1. The van der Waals surface area contributed by atoms with Gasteiger partial charge in [0.05, 0.1) is 6.54 Å². The van der Waals surface area contributed by atoms with E-state index in [4.69, 9.17) is 0 Å². The molecule has 3 aromatic rings. The SMILES string of the molecule is Cc1ccc(N2Cc3c(CSc4ccc(O)c5c4CCCC5)cccc3C2=O)cc1. The van der Waals surface area contributed by atoms with Gasteiger partial charge in [-0.1, -0.05) is 29.8 Å². The van der Waals surface area contributed by atoms with Crippen molar-refractivity contribution < 1.29 is 9.90 Å². The lowest BCUT2D eigenvalue weighted by atomic mass is 9.91. The van der Waals surface area contributed by atoms with Crippen LogP contribution in [0.15, 0.2) is 59.5 Å². The number of phenolic OH excluding ortho intramolecular Hbond substituents is 1. The second kappa shape index (κ2) is 7.84. The van der Waals surface area contributed by atoms with Crippen molar-refractivity contribution in [1.29, 1.82) is 0 Å². The molecule has 1 aliphatic heterocycles. The quantitative estimate of drug-likeness (QED) is 0.529. The molecule has 0 atom stereocenters. The van der Waals surface area contributed by atoms with Crippen LogP contribution in [0.3, 0.4) is 0 Å². The molecule has 1 amide bonds. The molecule has 0 bridgehead atoms. The van der Waals surface area contributed by atoms with Crippen LogP contribution in [-0.4, -0.2) is 11.0 Å². The van der Waals surface area contributed by atoms with Crippen molar-refractivity contribution in [3.8, 4) is 5.75 Å². The van der Waals surface area contributed by atoms with Crippen LogP contribution in [0.25, 0.3) is 0 Å². The fourth-order valence-corrected chi connectivity index (χ4v) is 5.72. The first-order valence-electron chi connectivity index (χ1n) is 10.6. The molecule has 0 fully saturated rings. The van der Waals surface area contributed by atoms with E-state index in [0.717, 1.165) is 47.4 Å². The van der Waals surface area contributed by atoms with Crippen molar-refractivity contribution in [2.75, 3.05) is 4.90 Å². The Morgan fingerprint density at radius 2 is 1.70 bits per heavy atom. The molecule has 4 heteroatoms. The predicted molar refractivity (Wildman–Crippen MR) is 122 cm³/mol. The zero-order valence-electron chi connectivity index (χ0n) is 17.1. The average molecular weight is 416 g/mol. The first kappa shape index (κ1) is 19.3. The second-order valence-electron chi connectivity index (χ2n) is 8.21. The van der Waals surface area contributed by atoms with Crippen LogP contribution in [0.1, 0.15) is 51.0 Å². The van der Waals surface area contributed by atoms with E-state index in [-0.39, 0.29) is 5.91 Å². The van der Waals surface area contributed by atoms with Crippen molar-refractivity contribution in [3.63, 3.8) is 0 Å². The maximum atomic E-state index is 13.0. The summed E-state index contributed by atoms with van der Waals surface area (Å²) in [5.41, 5.74) is 7.77. The summed E-state index contributed by atoms with van der Waals surface area (Å²) >= 11 is 1.82. The number of aromatic hydroxyl groups is 1. The number of hydrogen-bond donors (Lipinski definition) is 1. The normalized spacial score (nSPS) is 15.2. The summed E-state index contributed by atoms with van der Waals surface area (Å²) in [5, 5.41) is 10.2. The molecule has 3 nitrogen and oxygen atoms in total. The summed E-state index contributed by atoms with van der Waals surface area (Å²) in [6, 6.07) is 18.1. The summed E-state index contributed by atoms with van der Waals surface area (Å²) in [7, 11) is 0. The van der Waals surface area contributed by atoms with Gasteiger partial charge in [0.1, 0.15) is 5.75 Å². The van der Waals surface area contributed by atoms with Crippen LogP contribution in [0.5, 0.6) is 5.75 Å². The number of rotatable bonds is 4. The molecule has 0 unspecified atom stereocenters. The summed E-state index contributed by atoms with van der Waals surface area (Å²) in [6.45, 7) is 2.68. The number of benzene rings is 3. The molecule has 30 heavy (non-hydrogen) atoms. The third-order valence-electron chi connectivity index (χ3n) is 6.26. The van der Waals surface area contributed by atoms with Gasteiger partial charge in [0.25, 0.3) is 5.91 Å². The number of nitrogens with zero attached hydrogens (tertiary/aromatic N) is 1. The van der Waals surface area contributed by atoms with Gasteiger partial charge in [0.2, 0.25) is 0 Å². The molecule has 1 N–H and O–H groups in total. The van der Waals surface area contributed by atoms with E-state index in [0.29, 0.717) is 12.3 Å². The van der Waals surface area contributed by atoms with E-state index in [1.807, 2.05) is 47.0 Å². The highest BCUT2D eigenvalue weighted by Crippen LogP contribution is 2.39. The first-order valence-corrected chi connectivity index (χ1v) is 11.6. The number of hydrogen-bond acceptors (Lipinski definition) is 3. The topological polar surface area (TPSA) is 40.5 Å². The van der Waals surface area contributed by atoms with Crippen molar-refractivity contribution in [3.05, 3.63) is 88.0 Å². The van der Waals surface area contributed by atoms with Gasteiger partial charge in [0.15, 0.2) is 0 Å². The largest absolute Gasteiger partial charge is 0.508 e. The molecule has 0 radical (unpaired) electrons. The average Bonchev–Trinajstić information content (AvgIpc) is 3.11.